The Morgan fingerprint density at radius 1 is 1.07 bits per heavy atom. The maximum absolute atomic E-state index is 12.9. The molecule has 1 aliphatic heterocycles. The number of hydrogen-bond donors (Lipinski definition) is 1. The van der Waals surface area contributed by atoms with Crippen molar-refractivity contribution in [3.8, 4) is 11.1 Å². The van der Waals surface area contributed by atoms with Crippen molar-refractivity contribution >= 4 is 23.5 Å². The van der Waals surface area contributed by atoms with Gasteiger partial charge in [-0.3, -0.25) is 14.5 Å². The standard InChI is InChI=1S/C23H23N3O4/c1-14(23(29)30-5)24-21(27)15(2)26-13-20-18(7-6-8-19(20)22(26)28)16-9-11-17(12-10-16)25(3)4/h6-12H,1-2,13H2,3-5H3,(H,24,27). The van der Waals surface area contributed by atoms with E-state index in [1.54, 1.807) is 6.07 Å². The van der Waals surface area contributed by atoms with Crippen molar-refractivity contribution in [2.75, 3.05) is 26.1 Å². The van der Waals surface area contributed by atoms with Crippen LogP contribution in [0.3, 0.4) is 0 Å². The summed E-state index contributed by atoms with van der Waals surface area (Å²) in [7, 11) is 5.12. The van der Waals surface area contributed by atoms with Gasteiger partial charge in [-0.2, -0.15) is 0 Å². The largest absolute Gasteiger partial charge is 0.464 e. The van der Waals surface area contributed by atoms with Crippen LogP contribution in [0.4, 0.5) is 5.69 Å². The minimum Gasteiger partial charge on any atom is -0.464 e. The van der Waals surface area contributed by atoms with Crippen LogP contribution in [0.5, 0.6) is 0 Å². The number of nitrogens with one attached hydrogen (secondary N) is 1. The third kappa shape index (κ3) is 3.82. The molecule has 0 unspecified atom stereocenters. The Labute approximate surface area is 175 Å². The molecular formula is C23H23N3O4. The van der Waals surface area contributed by atoms with Crippen molar-refractivity contribution in [3.05, 3.63) is 78.1 Å². The summed E-state index contributed by atoms with van der Waals surface area (Å²) in [6, 6.07) is 13.5. The van der Waals surface area contributed by atoms with Gasteiger partial charge in [-0.25, -0.2) is 4.79 Å². The minimum absolute atomic E-state index is 0.0739. The lowest BCUT2D eigenvalue weighted by Crippen LogP contribution is -2.36. The molecule has 0 aromatic heterocycles. The van der Waals surface area contributed by atoms with Crippen molar-refractivity contribution in [2.45, 2.75) is 6.54 Å². The lowest BCUT2D eigenvalue weighted by Gasteiger charge is -2.18. The van der Waals surface area contributed by atoms with Crippen molar-refractivity contribution in [2.24, 2.45) is 0 Å². The molecule has 154 valence electrons. The number of methoxy groups -OCH3 is 1. The van der Waals surface area contributed by atoms with Gasteiger partial charge in [-0.15, -0.1) is 0 Å². The Balaban J connectivity index is 1.85. The molecule has 7 nitrogen and oxygen atoms in total. The Hall–Kier alpha value is -3.87. The van der Waals surface area contributed by atoms with Crippen LogP contribution in [-0.4, -0.2) is 43.9 Å². The van der Waals surface area contributed by atoms with E-state index in [1.807, 2.05) is 55.4 Å². The van der Waals surface area contributed by atoms with E-state index < -0.39 is 11.9 Å². The Morgan fingerprint density at radius 3 is 2.30 bits per heavy atom. The number of nitrogens with zero attached hydrogens (tertiary/aromatic N) is 2. The molecule has 2 amide bonds. The molecule has 0 aliphatic carbocycles. The molecule has 0 saturated carbocycles. The zero-order valence-corrected chi connectivity index (χ0v) is 17.2. The SMILES string of the molecule is C=C(NC(=O)C(=C)N1Cc2c(cccc2-c2ccc(N(C)C)cc2)C1=O)C(=O)OC. The van der Waals surface area contributed by atoms with Crippen molar-refractivity contribution in [1.82, 2.24) is 10.2 Å². The second-order valence-corrected chi connectivity index (χ2v) is 7.04. The molecular weight excluding hydrogens is 382 g/mol. The zero-order chi connectivity index (χ0) is 22.0. The maximum atomic E-state index is 12.9. The van der Waals surface area contributed by atoms with Gasteiger partial charge in [-0.1, -0.05) is 37.4 Å². The summed E-state index contributed by atoms with van der Waals surface area (Å²) >= 11 is 0. The third-order valence-corrected chi connectivity index (χ3v) is 4.95. The summed E-state index contributed by atoms with van der Waals surface area (Å²) < 4.78 is 4.51. The van der Waals surface area contributed by atoms with Crippen LogP contribution in [0.25, 0.3) is 11.1 Å². The predicted octanol–water partition coefficient (Wildman–Crippen LogP) is 2.69. The number of rotatable bonds is 6. The van der Waals surface area contributed by atoms with E-state index in [1.165, 1.54) is 12.0 Å². The van der Waals surface area contributed by atoms with Gasteiger partial charge in [0, 0.05) is 25.3 Å². The first-order valence-electron chi connectivity index (χ1n) is 9.23. The van der Waals surface area contributed by atoms with Crippen molar-refractivity contribution in [3.63, 3.8) is 0 Å². The van der Waals surface area contributed by atoms with E-state index >= 15 is 0 Å². The highest BCUT2D eigenvalue weighted by molar-refractivity contribution is 6.07. The molecule has 3 rings (SSSR count). The van der Waals surface area contributed by atoms with E-state index in [2.05, 4.69) is 23.2 Å². The Morgan fingerprint density at radius 2 is 1.70 bits per heavy atom. The molecule has 1 N–H and O–H groups in total. The van der Waals surface area contributed by atoms with E-state index in [4.69, 9.17) is 0 Å². The molecule has 1 heterocycles. The van der Waals surface area contributed by atoms with Gasteiger partial charge >= 0.3 is 5.97 Å². The predicted molar refractivity (Wildman–Crippen MR) is 115 cm³/mol. The average Bonchev–Trinajstić information content (AvgIpc) is 3.09. The van der Waals surface area contributed by atoms with Gasteiger partial charge in [0.25, 0.3) is 11.8 Å². The molecule has 2 aromatic rings. The summed E-state index contributed by atoms with van der Waals surface area (Å²) in [5, 5.41) is 2.31. The highest BCUT2D eigenvalue weighted by Gasteiger charge is 2.33. The van der Waals surface area contributed by atoms with Gasteiger partial charge in [0.2, 0.25) is 0 Å². The summed E-state index contributed by atoms with van der Waals surface area (Å²) in [5.41, 5.74) is 4.00. The summed E-state index contributed by atoms with van der Waals surface area (Å²) in [6.07, 6.45) is 0. The van der Waals surface area contributed by atoms with Crippen LogP contribution in [0.15, 0.2) is 67.0 Å². The average molecular weight is 405 g/mol. The molecule has 0 fully saturated rings. The fourth-order valence-corrected chi connectivity index (χ4v) is 3.27. The van der Waals surface area contributed by atoms with E-state index in [0.717, 1.165) is 22.4 Å². The van der Waals surface area contributed by atoms with Gasteiger partial charge in [-0.05, 0) is 34.9 Å². The number of carbonyl (C=O) groups is 3. The quantitative estimate of drug-likeness (QED) is 0.591. The molecule has 0 saturated heterocycles. The van der Waals surface area contributed by atoms with Crippen LogP contribution in [0, 0.1) is 0 Å². The molecule has 1 aliphatic rings. The minimum atomic E-state index is -0.768. The van der Waals surface area contributed by atoms with Crippen LogP contribution in [0.1, 0.15) is 15.9 Å². The number of benzene rings is 2. The topological polar surface area (TPSA) is 79.0 Å². The smallest absolute Gasteiger partial charge is 0.353 e. The molecule has 0 atom stereocenters. The number of fused-ring (bicyclic) bond motifs is 1. The van der Waals surface area contributed by atoms with E-state index in [-0.39, 0.29) is 23.8 Å². The molecule has 2 aromatic carbocycles. The zero-order valence-electron chi connectivity index (χ0n) is 17.2. The van der Waals surface area contributed by atoms with Crippen molar-refractivity contribution < 1.29 is 19.1 Å². The molecule has 0 radical (unpaired) electrons. The van der Waals surface area contributed by atoms with E-state index in [9.17, 15) is 14.4 Å². The van der Waals surface area contributed by atoms with Crippen LogP contribution >= 0.6 is 0 Å². The molecule has 30 heavy (non-hydrogen) atoms. The summed E-state index contributed by atoms with van der Waals surface area (Å²) in [6.45, 7) is 7.39. The first-order chi connectivity index (χ1) is 14.2. The monoisotopic (exact) mass is 405 g/mol. The van der Waals surface area contributed by atoms with E-state index in [0.29, 0.717) is 5.56 Å². The Kier molecular flexibility index (Phi) is 5.73. The van der Waals surface area contributed by atoms with Crippen LogP contribution in [0.2, 0.25) is 0 Å². The van der Waals surface area contributed by atoms with Gasteiger partial charge in [0.1, 0.15) is 11.4 Å². The molecule has 0 spiro atoms. The summed E-state index contributed by atoms with van der Waals surface area (Å²) in [4.78, 5) is 40.1. The van der Waals surface area contributed by atoms with Crippen LogP contribution < -0.4 is 10.2 Å². The third-order valence-electron chi connectivity index (χ3n) is 4.95. The van der Waals surface area contributed by atoms with Gasteiger partial charge < -0.3 is 15.0 Å². The van der Waals surface area contributed by atoms with Gasteiger partial charge in [0.15, 0.2) is 0 Å². The number of esters is 1. The first-order valence-corrected chi connectivity index (χ1v) is 9.23. The number of anilines is 1. The fourth-order valence-electron chi connectivity index (χ4n) is 3.27. The fraction of sp³-hybridized carbons (Fsp3) is 0.174. The Bertz CT molecular complexity index is 1050. The highest BCUT2D eigenvalue weighted by atomic mass is 16.5. The molecule has 7 heteroatoms. The number of amides is 2. The van der Waals surface area contributed by atoms with Crippen molar-refractivity contribution in [1.29, 1.82) is 0 Å². The number of hydrogen-bond acceptors (Lipinski definition) is 5. The normalized spacial score (nSPS) is 12.2. The lowest BCUT2D eigenvalue weighted by atomic mass is 9.97. The number of ether oxygens (including phenoxy) is 1. The second-order valence-electron chi connectivity index (χ2n) is 7.04. The summed E-state index contributed by atoms with van der Waals surface area (Å²) in [5.74, 6) is -1.78. The highest BCUT2D eigenvalue weighted by Crippen LogP contribution is 2.34. The van der Waals surface area contributed by atoms with Crippen LogP contribution in [-0.2, 0) is 20.9 Å². The second kappa shape index (κ2) is 8.24. The molecule has 0 bridgehead atoms. The first kappa shape index (κ1) is 20.9. The van der Waals surface area contributed by atoms with Gasteiger partial charge in [0.05, 0.1) is 13.7 Å². The maximum Gasteiger partial charge on any atom is 0.353 e. The lowest BCUT2D eigenvalue weighted by molar-refractivity contribution is -0.137. The number of carbonyl (C=O) groups excluding carboxylic acids is 3.